The van der Waals surface area contributed by atoms with Crippen LogP contribution in [0.3, 0.4) is 0 Å². The molecule has 2 rings (SSSR count). The molecule has 160 valence electrons. The Morgan fingerprint density at radius 1 is 1.31 bits per heavy atom. The number of thioether (sulfide) groups is 1. The number of carbonyl (C=O) groups is 1. The van der Waals surface area contributed by atoms with E-state index in [0.717, 1.165) is 52.5 Å². The van der Waals surface area contributed by atoms with E-state index in [2.05, 4.69) is 68.9 Å². The van der Waals surface area contributed by atoms with Crippen molar-refractivity contribution in [1.29, 1.82) is 0 Å². The van der Waals surface area contributed by atoms with E-state index < -0.39 is 0 Å². The highest BCUT2D eigenvalue weighted by atomic mass is 79.9. The third kappa shape index (κ3) is 6.30. The number of amides is 1. The number of nitrogens with one attached hydrogen (secondary N) is 1. The molecule has 0 fully saturated rings. The summed E-state index contributed by atoms with van der Waals surface area (Å²) in [5.41, 5.74) is 1.92. The zero-order chi connectivity index (χ0) is 21.6. The Morgan fingerprint density at radius 2 is 2.03 bits per heavy atom. The maximum atomic E-state index is 12.8. The quantitative estimate of drug-likeness (QED) is 0.467. The summed E-state index contributed by atoms with van der Waals surface area (Å²) in [7, 11) is 4.13. The first kappa shape index (κ1) is 23.9. The minimum atomic E-state index is -0.292. The van der Waals surface area contributed by atoms with Crippen molar-refractivity contribution in [3.05, 3.63) is 34.1 Å². The Labute approximate surface area is 187 Å². The second kappa shape index (κ2) is 11.1. The fourth-order valence-corrected chi connectivity index (χ4v) is 4.58. The summed E-state index contributed by atoms with van der Waals surface area (Å²) in [6.45, 7) is 9.13. The number of hydrogen-bond acceptors (Lipinski definition) is 5. The predicted molar refractivity (Wildman–Crippen MR) is 124 cm³/mol. The third-order valence-corrected chi connectivity index (χ3v) is 6.56. The largest absolute Gasteiger partial charge is 0.324 e. The number of carbonyl (C=O) groups excluding carboxylic acids is 1. The molecule has 0 aliphatic heterocycles. The molecular formula is C21H32BrN5OS. The van der Waals surface area contributed by atoms with Gasteiger partial charge in [-0.15, -0.1) is 10.2 Å². The number of benzene rings is 1. The van der Waals surface area contributed by atoms with Gasteiger partial charge in [0.15, 0.2) is 11.0 Å². The number of hydrogen-bond donors (Lipinski definition) is 1. The average Bonchev–Trinajstić information content (AvgIpc) is 3.04. The SMILES string of the molecule is CCCCn1c(SC(C)C(=O)Nc2ccc(C)cc2Br)nnc1C(CC)N(C)C. The van der Waals surface area contributed by atoms with Gasteiger partial charge in [0.2, 0.25) is 5.91 Å². The molecule has 1 amide bonds. The molecule has 29 heavy (non-hydrogen) atoms. The van der Waals surface area contributed by atoms with Crippen molar-refractivity contribution in [2.24, 2.45) is 0 Å². The van der Waals surface area contributed by atoms with Gasteiger partial charge in [0, 0.05) is 11.0 Å². The van der Waals surface area contributed by atoms with E-state index in [4.69, 9.17) is 0 Å². The first-order valence-corrected chi connectivity index (χ1v) is 11.8. The summed E-state index contributed by atoms with van der Waals surface area (Å²) in [5, 5.41) is 12.5. The van der Waals surface area contributed by atoms with Gasteiger partial charge in [0.25, 0.3) is 0 Å². The van der Waals surface area contributed by atoms with Gasteiger partial charge < -0.3 is 9.88 Å². The Morgan fingerprint density at radius 3 is 2.62 bits per heavy atom. The monoisotopic (exact) mass is 481 g/mol. The topological polar surface area (TPSA) is 63.1 Å². The Hall–Kier alpha value is -1.38. The van der Waals surface area contributed by atoms with Crippen molar-refractivity contribution in [2.45, 2.75) is 70.0 Å². The molecule has 2 aromatic rings. The molecule has 0 aliphatic rings. The molecule has 0 saturated carbocycles. The zero-order valence-corrected chi connectivity index (χ0v) is 20.6. The molecule has 8 heteroatoms. The molecule has 0 aliphatic carbocycles. The smallest absolute Gasteiger partial charge is 0.237 e. The lowest BCUT2D eigenvalue weighted by Crippen LogP contribution is -2.24. The van der Waals surface area contributed by atoms with Gasteiger partial charge in [-0.1, -0.05) is 38.1 Å². The summed E-state index contributed by atoms with van der Waals surface area (Å²) < 4.78 is 3.07. The maximum absolute atomic E-state index is 12.8. The van der Waals surface area contributed by atoms with Crippen molar-refractivity contribution in [1.82, 2.24) is 19.7 Å². The molecule has 2 atom stereocenters. The first-order chi connectivity index (χ1) is 13.8. The van der Waals surface area contributed by atoms with E-state index in [1.165, 1.54) is 11.8 Å². The van der Waals surface area contributed by atoms with Crippen LogP contribution in [0.25, 0.3) is 0 Å². The molecule has 1 N–H and O–H groups in total. The van der Waals surface area contributed by atoms with Crippen molar-refractivity contribution in [2.75, 3.05) is 19.4 Å². The van der Waals surface area contributed by atoms with Crippen LogP contribution in [-0.4, -0.2) is 44.9 Å². The van der Waals surface area contributed by atoms with Gasteiger partial charge in [0.1, 0.15) is 0 Å². The summed E-state index contributed by atoms with van der Waals surface area (Å²) in [6.07, 6.45) is 3.11. The van der Waals surface area contributed by atoms with E-state index in [0.29, 0.717) is 0 Å². The second-order valence-corrected chi connectivity index (χ2v) is 9.63. The highest BCUT2D eigenvalue weighted by Gasteiger charge is 2.24. The molecular weight excluding hydrogens is 450 g/mol. The number of unbranched alkanes of at least 4 members (excludes halogenated alkanes) is 1. The minimum Gasteiger partial charge on any atom is -0.324 e. The lowest BCUT2D eigenvalue weighted by atomic mass is 10.2. The fourth-order valence-electron chi connectivity index (χ4n) is 3.11. The van der Waals surface area contributed by atoms with E-state index >= 15 is 0 Å². The highest BCUT2D eigenvalue weighted by Crippen LogP contribution is 2.29. The van der Waals surface area contributed by atoms with Crippen LogP contribution in [0.5, 0.6) is 0 Å². The van der Waals surface area contributed by atoms with Crippen molar-refractivity contribution >= 4 is 39.3 Å². The standard InChI is InChI=1S/C21H32BrN5OS/c1-7-9-12-27-19(18(8-2)26(5)6)24-25-21(27)29-15(4)20(28)23-17-11-10-14(3)13-16(17)22/h10-11,13,15,18H,7-9,12H2,1-6H3,(H,23,28). The number of nitrogens with zero attached hydrogens (tertiary/aromatic N) is 4. The van der Waals surface area contributed by atoms with E-state index in [9.17, 15) is 4.79 Å². The number of anilines is 1. The van der Waals surface area contributed by atoms with Crippen LogP contribution < -0.4 is 5.32 Å². The fraction of sp³-hybridized carbons (Fsp3) is 0.571. The Balaban J connectivity index is 2.18. The van der Waals surface area contributed by atoms with Gasteiger partial charge in [-0.2, -0.15) is 0 Å². The van der Waals surface area contributed by atoms with Crippen LogP contribution in [0, 0.1) is 6.92 Å². The summed E-state index contributed by atoms with van der Waals surface area (Å²) in [4.78, 5) is 14.9. The van der Waals surface area contributed by atoms with Crippen molar-refractivity contribution < 1.29 is 4.79 Å². The van der Waals surface area contributed by atoms with Crippen molar-refractivity contribution in [3.63, 3.8) is 0 Å². The van der Waals surface area contributed by atoms with E-state index in [1.54, 1.807) is 0 Å². The number of halogens is 1. The van der Waals surface area contributed by atoms with E-state index in [1.807, 2.05) is 32.0 Å². The normalized spacial score (nSPS) is 13.5. The van der Waals surface area contributed by atoms with Gasteiger partial charge >= 0.3 is 0 Å². The Kier molecular flexibility index (Phi) is 9.17. The highest BCUT2D eigenvalue weighted by molar-refractivity contribution is 9.10. The van der Waals surface area contributed by atoms with Crippen LogP contribution >= 0.6 is 27.7 Å². The van der Waals surface area contributed by atoms with Gasteiger partial charge in [-0.3, -0.25) is 9.69 Å². The first-order valence-electron chi connectivity index (χ1n) is 10.1. The third-order valence-electron chi connectivity index (χ3n) is 4.82. The lowest BCUT2D eigenvalue weighted by Gasteiger charge is -2.23. The zero-order valence-electron chi connectivity index (χ0n) is 18.2. The Bertz CT molecular complexity index is 823. The van der Waals surface area contributed by atoms with Crippen LogP contribution in [0.1, 0.15) is 57.5 Å². The number of aromatic nitrogens is 3. The van der Waals surface area contributed by atoms with Gasteiger partial charge in [-0.25, -0.2) is 0 Å². The van der Waals surface area contributed by atoms with Crippen molar-refractivity contribution in [3.8, 4) is 0 Å². The molecule has 1 heterocycles. The number of aryl methyl sites for hydroxylation is 1. The minimum absolute atomic E-state index is 0.0502. The summed E-state index contributed by atoms with van der Waals surface area (Å²) in [5.74, 6) is 0.924. The molecule has 2 unspecified atom stereocenters. The lowest BCUT2D eigenvalue weighted by molar-refractivity contribution is -0.115. The van der Waals surface area contributed by atoms with Gasteiger partial charge in [0.05, 0.1) is 17.0 Å². The maximum Gasteiger partial charge on any atom is 0.237 e. The molecule has 0 radical (unpaired) electrons. The van der Waals surface area contributed by atoms with Crippen LogP contribution in [0.15, 0.2) is 27.8 Å². The predicted octanol–water partition coefficient (Wildman–Crippen LogP) is 5.28. The average molecular weight is 482 g/mol. The summed E-state index contributed by atoms with van der Waals surface area (Å²) >= 11 is 4.98. The summed E-state index contributed by atoms with van der Waals surface area (Å²) in [6, 6.07) is 6.10. The number of rotatable bonds is 10. The molecule has 1 aromatic carbocycles. The molecule has 0 spiro atoms. The second-order valence-electron chi connectivity index (χ2n) is 7.47. The van der Waals surface area contributed by atoms with Crippen LogP contribution in [0.2, 0.25) is 0 Å². The molecule has 1 aromatic heterocycles. The van der Waals surface area contributed by atoms with Crippen LogP contribution in [-0.2, 0) is 11.3 Å². The molecule has 0 bridgehead atoms. The van der Waals surface area contributed by atoms with Crippen LogP contribution in [0.4, 0.5) is 5.69 Å². The molecule has 0 saturated heterocycles. The van der Waals surface area contributed by atoms with E-state index in [-0.39, 0.29) is 17.2 Å². The molecule has 6 nitrogen and oxygen atoms in total. The van der Waals surface area contributed by atoms with Gasteiger partial charge in [-0.05, 0) is 74.4 Å².